The highest BCUT2D eigenvalue weighted by Crippen LogP contribution is 2.26. The first-order chi connectivity index (χ1) is 42.6. The second kappa shape index (κ2) is 32.8. The molecule has 7 aromatic rings. The van der Waals surface area contributed by atoms with Crippen molar-refractivity contribution in [2.24, 2.45) is 23.1 Å². The van der Waals surface area contributed by atoms with Gasteiger partial charge in [-0.2, -0.15) is 0 Å². The van der Waals surface area contributed by atoms with Gasteiger partial charge in [0.1, 0.15) is 48.0 Å². The van der Waals surface area contributed by atoms with E-state index in [0.29, 0.717) is 29.5 Å². The zero-order chi connectivity index (χ0) is 64.1. The smallest absolute Gasteiger partial charge is 0.300 e. The van der Waals surface area contributed by atoms with Crippen LogP contribution < -0.4 is 54.4 Å². The van der Waals surface area contributed by atoms with Crippen LogP contribution in [0, 0.1) is 5.92 Å². The van der Waals surface area contributed by atoms with E-state index in [-0.39, 0.29) is 55.9 Å². The number of aliphatic carboxylic acids is 1. The maximum atomic E-state index is 15.0. The molecule has 89 heavy (non-hydrogen) atoms. The Hall–Kier alpha value is -8.97. The lowest BCUT2D eigenvalue weighted by Crippen LogP contribution is -2.61. The zero-order valence-corrected chi connectivity index (χ0v) is 51.3. The fraction of sp³-hybridized carbons (Fsp3) is 0.338. The van der Waals surface area contributed by atoms with Gasteiger partial charge in [0.05, 0.1) is 6.04 Å². The summed E-state index contributed by atoms with van der Waals surface area (Å²) in [4.78, 5) is 128. The van der Waals surface area contributed by atoms with Crippen molar-refractivity contribution in [2.75, 3.05) is 18.1 Å². The minimum Gasteiger partial charge on any atom is -0.508 e. The lowest BCUT2D eigenvalue weighted by Gasteiger charge is -2.29. The number of hydrogen-bond acceptors (Lipinski definition) is 14. The quantitative estimate of drug-likeness (QED) is 0.0428. The number of carbonyl (C=O) groups excluding carboxylic acids is 8. The van der Waals surface area contributed by atoms with Gasteiger partial charge in [-0.1, -0.05) is 151 Å². The number of phenols is 1. The number of aromatic amines is 1. The number of aromatic hydroxyl groups is 1. The van der Waals surface area contributed by atoms with Crippen LogP contribution in [-0.4, -0.2) is 135 Å². The molecule has 1 fully saturated rings. The number of carbonyl (C=O) groups is 9. The molecular formula is C65H77N11O11S2. The predicted molar refractivity (Wildman–Crippen MR) is 346 cm³/mol. The SMILES string of the molecule is CC(=O)O.CC(C)C1NC(=O)C(CCCCN)NC(=O)C(Cc2c[nH]c3ccccc23)NC(=O)C(Cc2ccc(O)cc2)NC(=O)C(NC(=O)C(N)Cc2ccc3ccccc3c2)CSSCC(C(=O)NC(Cc2ccc3ccccc3c2)C(N)=O)NC1=O. The van der Waals surface area contributed by atoms with Gasteiger partial charge in [-0.3, -0.25) is 43.2 Å². The molecule has 1 aliphatic rings. The van der Waals surface area contributed by atoms with Gasteiger partial charge in [-0.15, -0.1) is 0 Å². The van der Waals surface area contributed by atoms with E-state index in [0.717, 1.165) is 66.5 Å². The molecule has 0 saturated carbocycles. The third kappa shape index (κ3) is 20.0. The summed E-state index contributed by atoms with van der Waals surface area (Å²) < 4.78 is 0. The number of para-hydroxylation sites is 1. The molecule has 24 heteroatoms. The maximum absolute atomic E-state index is 15.0. The topological polar surface area (TPSA) is 372 Å². The number of aromatic nitrogens is 1. The van der Waals surface area contributed by atoms with Gasteiger partial charge < -0.3 is 69.6 Å². The Morgan fingerprint density at radius 3 is 1.79 bits per heavy atom. The molecule has 6 aromatic carbocycles. The van der Waals surface area contributed by atoms with E-state index in [4.69, 9.17) is 27.1 Å². The summed E-state index contributed by atoms with van der Waals surface area (Å²) in [5.74, 6) is -7.91. The molecule has 1 saturated heterocycles. The second-order valence-electron chi connectivity index (χ2n) is 22.2. The summed E-state index contributed by atoms with van der Waals surface area (Å²) in [7, 11) is 2.14. The average molecular weight is 1250 g/mol. The molecule has 1 aromatic heterocycles. The van der Waals surface area contributed by atoms with Crippen molar-refractivity contribution in [3.05, 3.63) is 162 Å². The Bertz CT molecular complexity index is 3640. The predicted octanol–water partition coefficient (Wildman–Crippen LogP) is 3.93. The number of benzene rings is 6. The fourth-order valence-corrected chi connectivity index (χ4v) is 12.4. The molecule has 470 valence electrons. The van der Waals surface area contributed by atoms with E-state index in [1.165, 1.54) is 12.1 Å². The molecule has 22 nitrogen and oxygen atoms in total. The first kappa shape index (κ1) is 67.5. The molecule has 8 unspecified atom stereocenters. The molecule has 1 aliphatic heterocycles. The van der Waals surface area contributed by atoms with Gasteiger partial charge in [0.25, 0.3) is 5.97 Å². The van der Waals surface area contributed by atoms with Crippen molar-refractivity contribution in [3.8, 4) is 5.75 Å². The average Bonchev–Trinajstić information content (AvgIpc) is 2.37. The Kier molecular flexibility index (Phi) is 24.9. The summed E-state index contributed by atoms with van der Waals surface area (Å²) in [6, 6.07) is 29.7. The molecular weight excluding hydrogens is 1170 g/mol. The Morgan fingerprint density at radius 1 is 0.629 bits per heavy atom. The van der Waals surface area contributed by atoms with Crippen LogP contribution in [0.4, 0.5) is 0 Å². The highest BCUT2D eigenvalue weighted by molar-refractivity contribution is 8.76. The van der Waals surface area contributed by atoms with E-state index >= 15 is 0 Å². The Balaban J connectivity index is 0.00000274. The number of rotatable bonds is 18. The minimum absolute atomic E-state index is 0.0182. The first-order valence-corrected chi connectivity index (χ1v) is 31.7. The van der Waals surface area contributed by atoms with Crippen molar-refractivity contribution in [1.29, 1.82) is 0 Å². The standard InChI is InChI=1S/C63H73N11O9S2.C2H4O2/c1-36(2)55-63(83)73-54(61(81)69-50(56(66)76)31-39-19-23-41-12-4-6-14-43(41)28-39)35-85-84-34-53(72-57(77)47(65)29-38-18-22-40-11-3-5-13-42(40)27-38)62(82)70-51(30-37-20-24-45(75)25-21-37)59(79)71-52(32-44-33-67-48-16-8-7-15-46(44)48)60(80)68-49(58(78)74-55)17-9-10-26-64;1-2(3)4/h3-8,11-16,18-25,27-28,33,36,47,49-55,67,75H,9-10,17,26,29-32,34-35,64-65H2,1-2H3,(H2,66,76)(H,68,80)(H,69,81)(H,70,82)(H,71,79)(H,72,77)(H,73,83)(H,74,78);1H3,(H,3,4). The Morgan fingerprint density at radius 2 is 1.17 bits per heavy atom. The van der Waals surface area contributed by atoms with Crippen molar-refractivity contribution in [2.45, 2.75) is 114 Å². The summed E-state index contributed by atoms with van der Waals surface area (Å²) in [6.07, 6.45) is 2.56. The van der Waals surface area contributed by atoms with Crippen molar-refractivity contribution in [1.82, 2.24) is 42.2 Å². The number of hydrogen-bond donors (Lipinski definition) is 13. The molecule has 8 rings (SSSR count). The first-order valence-electron chi connectivity index (χ1n) is 29.3. The van der Waals surface area contributed by atoms with Gasteiger partial charge in [0.2, 0.25) is 47.3 Å². The highest BCUT2D eigenvalue weighted by Gasteiger charge is 2.36. The number of amides is 8. The molecule has 16 N–H and O–H groups in total. The van der Waals surface area contributed by atoms with E-state index < -0.39 is 107 Å². The van der Waals surface area contributed by atoms with Crippen LogP contribution in [0.2, 0.25) is 0 Å². The lowest BCUT2D eigenvalue weighted by atomic mass is 9.99. The molecule has 0 bridgehead atoms. The van der Waals surface area contributed by atoms with Crippen LogP contribution in [0.25, 0.3) is 32.4 Å². The number of nitrogens with two attached hydrogens (primary N) is 3. The molecule has 8 atom stereocenters. The minimum atomic E-state index is -1.41. The molecule has 8 amide bonds. The van der Waals surface area contributed by atoms with E-state index in [1.807, 2.05) is 109 Å². The third-order valence-corrected chi connectivity index (χ3v) is 17.3. The van der Waals surface area contributed by atoms with Gasteiger partial charge in [-0.05, 0) is 100 Å². The van der Waals surface area contributed by atoms with Crippen LogP contribution in [0.3, 0.4) is 0 Å². The largest absolute Gasteiger partial charge is 0.508 e. The number of unbranched alkanes of at least 4 members (excludes halogenated alkanes) is 1. The van der Waals surface area contributed by atoms with Gasteiger partial charge in [-0.25, -0.2) is 0 Å². The van der Waals surface area contributed by atoms with Gasteiger partial charge in [0, 0.05) is 54.8 Å². The van der Waals surface area contributed by atoms with Crippen molar-refractivity contribution < 1.29 is 53.4 Å². The molecule has 0 aliphatic carbocycles. The number of carboxylic acids is 1. The van der Waals surface area contributed by atoms with Crippen LogP contribution in [0.5, 0.6) is 5.75 Å². The van der Waals surface area contributed by atoms with E-state index in [1.54, 1.807) is 32.2 Å². The number of primary amides is 1. The van der Waals surface area contributed by atoms with Crippen LogP contribution in [0.15, 0.2) is 140 Å². The number of carboxylic acid groups (broad SMARTS) is 1. The number of fused-ring (bicyclic) bond motifs is 3. The molecule has 2 heterocycles. The second-order valence-corrected chi connectivity index (χ2v) is 24.7. The van der Waals surface area contributed by atoms with Crippen LogP contribution in [-0.2, 0) is 68.8 Å². The van der Waals surface area contributed by atoms with Crippen LogP contribution in [0.1, 0.15) is 62.3 Å². The van der Waals surface area contributed by atoms with E-state index in [9.17, 15) is 43.5 Å². The number of nitrogens with one attached hydrogen (secondary N) is 8. The number of H-pyrrole nitrogens is 1. The zero-order valence-electron chi connectivity index (χ0n) is 49.7. The Labute approximate surface area is 523 Å². The van der Waals surface area contributed by atoms with Crippen molar-refractivity contribution in [3.63, 3.8) is 0 Å². The fourth-order valence-electron chi connectivity index (χ4n) is 10.1. The molecule has 0 spiro atoms. The van der Waals surface area contributed by atoms with Crippen molar-refractivity contribution >= 4 is 107 Å². The lowest BCUT2D eigenvalue weighted by molar-refractivity contribution is -0.136. The normalized spacial score (nSPS) is 19.7. The maximum Gasteiger partial charge on any atom is 0.300 e. The van der Waals surface area contributed by atoms with E-state index in [2.05, 4.69) is 42.2 Å². The molecule has 0 radical (unpaired) electrons. The van der Waals surface area contributed by atoms with Gasteiger partial charge in [0.15, 0.2) is 0 Å². The third-order valence-electron chi connectivity index (χ3n) is 14.9. The summed E-state index contributed by atoms with van der Waals surface area (Å²) >= 11 is 0. The summed E-state index contributed by atoms with van der Waals surface area (Å²) in [6.45, 7) is 4.77. The monoisotopic (exact) mass is 1250 g/mol. The van der Waals surface area contributed by atoms with Crippen LogP contribution >= 0.6 is 21.6 Å². The summed E-state index contributed by atoms with van der Waals surface area (Å²) in [5.41, 5.74) is 21.8. The summed E-state index contributed by atoms with van der Waals surface area (Å²) in [5, 5.41) is 41.9. The highest BCUT2D eigenvalue weighted by atomic mass is 33.1. The number of phenolic OH excluding ortho intramolecular Hbond substituents is 1. The van der Waals surface area contributed by atoms with Gasteiger partial charge >= 0.3 is 0 Å².